The summed E-state index contributed by atoms with van der Waals surface area (Å²) >= 11 is 0. The van der Waals surface area contributed by atoms with Crippen molar-refractivity contribution in [3.05, 3.63) is 29.3 Å². The summed E-state index contributed by atoms with van der Waals surface area (Å²) < 4.78 is 0. The molecule has 4 nitrogen and oxygen atoms in total. The predicted octanol–water partition coefficient (Wildman–Crippen LogP) is 3.07. The topological polar surface area (TPSA) is 49.4 Å². The van der Waals surface area contributed by atoms with E-state index in [-0.39, 0.29) is 11.8 Å². The van der Waals surface area contributed by atoms with Crippen molar-refractivity contribution in [1.82, 2.24) is 4.90 Å². The van der Waals surface area contributed by atoms with E-state index in [1.165, 1.54) is 0 Å². The molecule has 2 unspecified atom stereocenters. The van der Waals surface area contributed by atoms with E-state index in [2.05, 4.69) is 31.0 Å². The number of aryl methyl sites for hydroxylation is 1. The number of amides is 2. The number of hydrogen-bond acceptors (Lipinski definition) is 2. The van der Waals surface area contributed by atoms with Gasteiger partial charge in [-0.15, -0.1) is 0 Å². The Labute approximate surface area is 138 Å². The fourth-order valence-corrected chi connectivity index (χ4v) is 3.17. The van der Waals surface area contributed by atoms with Crippen molar-refractivity contribution in [3.8, 4) is 11.8 Å². The van der Waals surface area contributed by atoms with Crippen LogP contribution in [0.25, 0.3) is 0 Å². The minimum atomic E-state index is -0.361. The minimum absolute atomic E-state index is 0.0282. The lowest BCUT2D eigenvalue weighted by atomic mass is 9.91. The Balaban J connectivity index is 2.20. The molecule has 2 amide bonds. The van der Waals surface area contributed by atoms with Crippen molar-refractivity contribution < 1.29 is 9.59 Å². The second-order valence-corrected chi connectivity index (χ2v) is 6.52. The molecule has 23 heavy (non-hydrogen) atoms. The number of carbonyl (C=O) groups is 2. The van der Waals surface area contributed by atoms with Crippen LogP contribution in [-0.2, 0) is 4.79 Å². The summed E-state index contributed by atoms with van der Waals surface area (Å²) in [7, 11) is 0. The predicted molar refractivity (Wildman–Crippen MR) is 92.1 cm³/mol. The number of anilines is 1. The maximum Gasteiger partial charge on any atom is 0.300 e. The average Bonchev–Trinajstić information content (AvgIpc) is 2.48. The molecule has 0 radical (unpaired) electrons. The molecule has 1 saturated heterocycles. The van der Waals surface area contributed by atoms with Gasteiger partial charge in [0.25, 0.3) is 11.8 Å². The molecular weight excluding hydrogens is 288 g/mol. The minimum Gasteiger partial charge on any atom is -0.338 e. The van der Waals surface area contributed by atoms with Gasteiger partial charge in [0, 0.05) is 24.3 Å². The molecular formula is C19H24N2O2. The third kappa shape index (κ3) is 4.35. The molecule has 1 heterocycles. The zero-order valence-electron chi connectivity index (χ0n) is 14.3. The third-order valence-corrected chi connectivity index (χ3v) is 4.13. The van der Waals surface area contributed by atoms with E-state index >= 15 is 0 Å². The van der Waals surface area contributed by atoms with Crippen LogP contribution in [0.1, 0.15) is 43.1 Å². The molecule has 1 aromatic carbocycles. The van der Waals surface area contributed by atoms with Crippen LogP contribution in [0.2, 0.25) is 0 Å². The lowest BCUT2D eigenvalue weighted by molar-refractivity contribution is -0.111. The van der Waals surface area contributed by atoms with Gasteiger partial charge in [-0.25, -0.2) is 0 Å². The van der Waals surface area contributed by atoms with Gasteiger partial charge in [0.15, 0.2) is 0 Å². The summed E-state index contributed by atoms with van der Waals surface area (Å²) in [4.78, 5) is 26.3. The van der Waals surface area contributed by atoms with Gasteiger partial charge in [-0.1, -0.05) is 25.8 Å². The van der Waals surface area contributed by atoms with E-state index in [0.717, 1.165) is 25.1 Å². The number of nitrogens with zero attached hydrogens (tertiary/aromatic N) is 1. The first-order valence-corrected chi connectivity index (χ1v) is 8.04. The summed E-state index contributed by atoms with van der Waals surface area (Å²) in [5, 5.41) is 2.74. The lowest BCUT2D eigenvalue weighted by Crippen LogP contribution is -2.42. The number of rotatable bonds is 2. The molecule has 0 bridgehead atoms. The van der Waals surface area contributed by atoms with E-state index in [1.54, 1.807) is 13.0 Å². The van der Waals surface area contributed by atoms with Crippen molar-refractivity contribution in [1.29, 1.82) is 0 Å². The normalized spacial score (nSPS) is 20.4. The largest absolute Gasteiger partial charge is 0.338 e. The summed E-state index contributed by atoms with van der Waals surface area (Å²) in [6.07, 6.45) is 1.16. The molecule has 1 aliphatic rings. The summed E-state index contributed by atoms with van der Waals surface area (Å²) in [6.45, 7) is 9.46. The summed E-state index contributed by atoms with van der Waals surface area (Å²) in [5.74, 6) is 5.73. The van der Waals surface area contributed by atoms with Crippen LogP contribution in [0.15, 0.2) is 18.2 Å². The highest BCUT2D eigenvalue weighted by Gasteiger charge is 2.26. The maximum absolute atomic E-state index is 12.8. The fourth-order valence-electron chi connectivity index (χ4n) is 3.17. The van der Waals surface area contributed by atoms with Crippen molar-refractivity contribution in [2.45, 2.75) is 34.1 Å². The van der Waals surface area contributed by atoms with Crippen LogP contribution in [-0.4, -0.2) is 29.8 Å². The zero-order valence-corrected chi connectivity index (χ0v) is 14.3. The smallest absolute Gasteiger partial charge is 0.300 e. The summed E-state index contributed by atoms with van der Waals surface area (Å²) in [5.41, 5.74) is 2.16. The van der Waals surface area contributed by atoms with E-state index in [4.69, 9.17) is 0 Å². The van der Waals surface area contributed by atoms with Gasteiger partial charge in [0.2, 0.25) is 0 Å². The Morgan fingerprint density at radius 2 is 1.87 bits per heavy atom. The third-order valence-electron chi connectivity index (χ3n) is 4.13. The van der Waals surface area contributed by atoms with Crippen LogP contribution in [0.5, 0.6) is 0 Å². The fraction of sp³-hybridized carbons (Fsp3) is 0.474. The molecule has 1 aliphatic heterocycles. The van der Waals surface area contributed by atoms with E-state index < -0.39 is 0 Å². The van der Waals surface area contributed by atoms with E-state index in [9.17, 15) is 9.59 Å². The number of benzene rings is 1. The molecule has 0 saturated carbocycles. The first-order valence-electron chi connectivity index (χ1n) is 8.04. The molecule has 0 aliphatic carbocycles. The highest BCUT2D eigenvalue weighted by molar-refractivity contribution is 6.05. The van der Waals surface area contributed by atoms with Crippen LogP contribution >= 0.6 is 0 Å². The first kappa shape index (κ1) is 17.1. The Bertz CT molecular complexity index is 660. The number of hydrogen-bond donors (Lipinski definition) is 1. The van der Waals surface area contributed by atoms with Crippen molar-refractivity contribution in [2.75, 3.05) is 18.4 Å². The standard InChI is InChI=1S/C19H24N2O2/c1-5-6-18(22)20-17-10-16(8-7-15(17)4)19(23)21-11-13(2)9-14(3)12-21/h7-8,10,13-14H,9,11-12H2,1-4H3,(H,20,22). The van der Waals surface area contributed by atoms with E-state index in [0.29, 0.717) is 23.1 Å². The van der Waals surface area contributed by atoms with Crippen LogP contribution in [0.4, 0.5) is 5.69 Å². The summed E-state index contributed by atoms with van der Waals surface area (Å²) in [6, 6.07) is 5.43. The molecule has 0 aromatic heterocycles. The highest BCUT2D eigenvalue weighted by Crippen LogP contribution is 2.24. The van der Waals surface area contributed by atoms with Gasteiger partial charge in [0.1, 0.15) is 0 Å². The van der Waals surface area contributed by atoms with Crippen molar-refractivity contribution >= 4 is 17.5 Å². The van der Waals surface area contributed by atoms with Gasteiger partial charge in [0.05, 0.1) is 0 Å². The molecule has 2 rings (SSSR count). The molecule has 1 N–H and O–H groups in total. The van der Waals surface area contributed by atoms with Gasteiger partial charge >= 0.3 is 0 Å². The Morgan fingerprint density at radius 3 is 2.48 bits per heavy atom. The lowest BCUT2D eigenvalue weighted by Gasteiger charge is -2.35. The van der Waals surface area contributed by atoms with Crippen molar-refractivity contribution in [2.24, 2.45) is 11.8 Å². The Hall–Kier alpha value is -2.28. The van der Waals surface area contributed by atoms with E-state index in [1.807, 2.05) is 24.0 Å². The van der Waals surface area contributed by atoms with Crippen LogP contribution in [0, 0.1) is 30.6 Å². The molecule has 1 aromatic rings. The van der Waals surface area contributed by atoms with Gasteiger partial charge in [-0.05, 0) is 55.7 Å². The van der Waals surface area contributed by atoms with Crippen molar-refractivity contribution in [3.63, 3.8) is 0 Å². The van der Waals surface area contributed by atoms with Gasteiger partial charge in [-0.2, -0.15) is 0 Å². The van der Waals surface area contributed by atoms with Crippen LogP contribution in [0.3, 0.4) is 0 Å². The van der Waals surface area contributed by atoms with Gasteiger partial charge < -0.3 is 10.2 Å². The second kappa shape index (κ2) is 7.32. The maximum atomic E-state index is 12.8. The molecule has 0 spiro atoms. The number of carbonyl (C=O) groups excluding carboxylic acids is 2. The number of piperidine rings is 1. The first-order chi connectivity index (χ1) is 10.9. The Kier molecular flexibility index (Phi) is 5.44. The highest BCUT2D eigenvalue weighted by atomic mass is 16.2. The number of likely N-dealkylation sites (tertiary alicyclic amines) is 1. The molecule has 122 valence electrons. The van der Waals surface area contributed by atoms with Gasteiger partial charge in [-0.3, -0.25) is 9.59 Å². The average molecular weight is 312 g/mol. The quantitative estimate of drug-likeness (QED) is 0.853. The Morgan fingerprint density at radius 1 is 1.22 bits per heavy atom. The molecule has 4 heteroatoms. The monoisotopic (exact) mass is 312 g/mol. The number of nitrogens with one attached hydrogen (secondary N) is 1. The van der Waals surface area contributed by atoms with Crippen LogP contribution < -0.4 is 5.32 Å². The second-order valence-electron chi connectivity index (χ2n) is 6.52. The zero-order chi connectivity index (χ0) is 17.0. The SMILES string of the molecule is CC#CC(=O)Nc1cc(C(=O)N2CC(C)CC(C)C2)ccc1C. The molecule has 2 atom stereocenters. The molecule has 1 fully saturated rings.